The molecule has 138 valence electrons. The second kappa shape index (κ2) is 7.73. The number of nitrogens with one attached hydrogen (secondary N) is 2. The Balaban J connectivity index is 1.36. The van der Waals surface area contributed by atoms with Crippen molar-refractivity contribution in [3.05, 3.63) is 65.4 Å². The predicted molar refractivity (Wildman–Crippen MR) is 108 cm³/mol. The van der Waals surface area contributed by atoms with Crippen LogP contribution in [0.15, 0.2) is 59.7 Å². The summed E-state index contributed by atoms with van der Waals surface area (Å²) >= 11 is 1.61. The van der Waals surface area contributed by atoms with Crippen LogP contribution in [0.1, 0.15) is 16.8 Å². The SMILES string of the molecule is CN=C(NCc1nnc2ccccn12)NCC(O)c1cc2ccccc2s1. The van der Waals surface area contributed by atoms with Gasteiger partial charge >= 0.3 is 0 Å². The summed E-state index contributed by atoms with van der Waals surface area (Å²) in [5.74, 6) is 1.39. The zero-order valence-corrected chi connectivity index (χ0v) is 15.6. The van der Waals surface area contributed by atoms with Crippen LogP contribution in [0.4, 0.5) is 0 Å². The van der Waals surface area contributed by atoms with Gasteiger partial charge in [-0.2, -0.15) is 0 Å². The number of benzene rings is 1. The van der Waals surface area contributed by atoms with Gasteiger partial charge < -0.3 is 15.7 Å². The van der Waals surface area contributed by atoms with Crippen molar-refractivity contribution < 1.29 is 5.11 Å². The second-order valence-corrected chi connectivity index (χ2v) is 7.17. The fourth-order valence-corrected chi connectivity index (χ4v) is 3.91. The molecule has 0 aliphatic heterocycles. The molecule has 3 heterocycles. The fourth-order valence-electron chi connectivity index (χ4n) is 2.86. The highest BCUT2D eigenvalue weighted by atomic mass is 32.1. The van der Waals surface area contributed by atoms with Crippen molar-refractivity contribution in [1.29, 1.82) is 0 Å². The van der Waals surface area contributed by atoms with E-state index in [4.69, 9.17) is 0 Å². The lowest BCUT2D eigenvalue weighted by Crippen LogP contribution is -2.39. The van der Waals surface area contributed by atoms with Crippen LogP contribution in [0.2, 0.25) is 0 Å². The molecule has 0 saturated heterocycles. The quantitative estimate of drug-likeness (QED) is 0.365. The number of aromatic nitrogens is 3. The van der Waals surface area contributed by atoms with Gasteiger partial charge in [0.05, 0.1) is 6.54 Å². The molecule has 0 aliphatic rings. The van der Waals surface area contributed by atoms with Crippen LogP contribution in [-0.4, -0.2) is 39.3 Å². The van der Waals surface area contributed by atoms with Crippen LogP contribution in [0.3, 0.4) is 0 Å². The summed E-state index contributed by atoms with van der Waals surface area (Å²) in [5.41, 5.74) is 0.803. The Labute approximate surface area is 160 Å². The Kier molecular flexibility index (Phi) is 4.99. The van der Waals surface area contributed by atoms with Crippen molar-refractivity contribution in [2.75, 3.05) is 13.6 Å². The molecule has 0 bridgehead atoms. The van der Waals surface area contributed by atoms with Gasteiger partial charge in [0, 0.05) is 29.4 Å². The van der Waals surface area contributed by atoms with Crippen molar-refractivity contribution in [3.8, 4) is 0 Å². The Hall–Kier alpha value is -2.97. The van der Waals surface area contributed by atoms with Gasteiger partial charge in [0.1, 0.15) is 6.10 Å². The van der Waals surface area contributed by atoms with Crippen LogP contribution in [0.5, 0.6) is 0 Å². The molecule has 4 aromatic rings. The molecule has 0 fully saturated rings. The Morgan fingerprint density at radius 1 is 1.19 bits per heavy atom. The first kappa shape index (κ1) is 17.4. The van der Waals surface area contributed by atoms with E-state index < -0.39 is 6.10 Å². The van der Waals surface area contributed by atoms with Crippen molar-refractivity contribution in [3.63, 3.8) is 0 Å². The van der Waals surface area contributed by atoms with E-state index in [9.17, 15) is 5.11 Å². The number of guanidine groups is 1. The standard InChI is InChI=1S/C19H20N6OS/c1-20-19(22-12-18-24-23-17-8-4-5-9-25(17)18)21-11-14(26)16-10-13-6-2-3-7-15(13)27-16/h2-10,14,26H,11-12H2,1H3,(H2,20,21,22). The molecule has 0 radical (unpaired) electrons. The van der Waals surface area contributed by atoms with Gasteiger partial charge in [0.2, 0.25) is 0 Å². The number of aliphatic hydroxyl groups is 1. The van der Waals surface area contributed by atoms with Crippen molar-refractivity contribution in [2.24, 2.45) is 4.99 Å². The maximum Gasteiger partial charge on any atom is 0.191 e. The zero-order valence-electron chi connectivity index (χ0n) is 14.8. The molecular formula is C19H20N6OS. The van der Waals surface area contributed by atoms with Gasteiger partial charge in [0.15, 0.2) is 17.4 Å². The van der Waals surface area contributed by atoms with Crippen LogP contribution < -0.4 is 10.6 Å². The number of aliphatic imine (C=N–C) groups is 1. The van der Waals surface area contributed by atoms with Gasteiger partial charge in [-0.05, 0) is 29.7 Å². The van der Waals surface area contributed by atoms with E-state index in [1.165, 1.54) is 4.70 Å². The molecule has 0 amide bonds. The third kappa shape index (κ3) is 3.76. The number of rotatable bonds is 5. The minimum absolute atomic E-state index is 0.368. The largest absolute Gasteiger partial charge is 0.386 e. The van der Waals surface area contributed by atoms with Crippen LogP contribution in [0.25, 0.3) is 15.7 Å². The van der Waals surface area contributed by atoms with Crippen LogP contribution in [-0.2, 0) is 6.54 Å². The third-order valence-corrected chi connectivity index (χ3v) is 5.48. The van der Waals surface area contributed by atoms with E-state index in [0.29, 0.717) is 19.0 Å². The average Bonchev–Trinajstić information content (AvgIpc) is 3.32. The van der Waals surface area contributed by atoms with Gasteiger partial charge in [-0.25, -0.2) is 0 Å². The highest BCUT2D eigenvalue weighted by molar-refractivity contribution is 7.19. The molecule has 1 unspecified atom stereocenters. The van der Waals surface area contributed by atoms with Gasteiger partial charge in [-0.15, -0.1) is 21.5 Å². The molecule has 1 atom stereocenters. The van der Waals surface area contributed by atoms with Crippen LogP contribution >= 0.6 is 11.3 Å². The molecule has 4 rings (SSSR count). The maximum absolute atomic E-state index is 10.5. The van der Waals surface area contributed by atoms with Gasteiger partial charge in [-0.1, -0.05) is 24.3 Å². The number of hydrogen-bond acceptors (Lipinski definition) is 5. The molecule has 7 nitrogen and oxygen atoms in total. The Bertz CT molecular complexity index is 1050. The number of hydrogen-bond donors (Lipinski definition) is 3. The average molecular weight is 380 g/mol. The molecule has 1 aromatic carbocycles. The molecule has 0 aliphatic carbocycles. The summed E-state index contributed by atoms with van der Waals surface area (Å²) < 4.78 is 3.10. The number of pyridine rings is 1. The zero-order chi connectivity index (χ0) is 18.6. The summed E-state index contributed by atoms with van der Waals surface area (Å²) in [7, 11) is 1.70. The highest BCUT2D eigenvalue weighted by Gasteiger charge is 2.12. The van der Waals surface area contributed by atoms with Gasteiger partial charge in [0.25, 0.3) is 0 Å². The van der Waals surface area contributed by atoms with E-state index >= 15 is 0 Å². The first-order valence-corrected chi connectivity index (χ1v) is 9.46. The maximum atomic E-state index is 10.5. The lowest BCUT2D eigenvalue weighted by Gasteiger charge is -2.14. The number of fused-ring (bicyclic) bond motifs is 2. The summed E-state index contributed by atoms with van der Waals surface area (Å²) in [4.78, 5) is 5.14. The molecule has 8 heteroatoms. The lowest BCUT2D eigenvalue weighted by molar-refractivity contribution is 0.184. The van der Waals surface area contributed by atoms with Crippen molar-refractivity contribution >= 4 is 33.0 Å². The Morgan fingerprint density at radius 2 is 2.04 bits per heavy atom. The summed E-state index contributed by atoms with van der Waals surface area (Å²) in [6.45, 7) is 0.844. The minimum Gasteiger partial charge on any atom is -0.386 e. The normalized spacial score (nSPS) is 13.2. The molecule has 0 saturated carbocycles. The smallest absolute Gasteiger partial charge is 0.191 e. The fraction of sp³-hybridized carbons (Fsp3) is 0.211. The first-order chi connectivity index (χ1) is 13.2. The molecule has 3 N–H and O–H groups in total. The third-order valence-electron chi connectivity index (χ3n) is 4.26. The first-order valence-electron chi connectivity index (χ1n) is 8.64. The lowest BCUT2D eigenvalue weighted by atomic mass is 10.2. The summed E-state index contributed by atoms with van der Waals surface area (Å²) in [5, 5.41) is 26.3. The van der Waals surface area contributed by atoms with E-state index in [1.807, 2.05) is 47.0 Å². The minimum atomic E-state index is -0.602. The molecule has 27 heavy (non-hydrogen) atoms. The molecule has 0 spiro atoms. The second-order valence-electron chi connectivity index (χ2n) is 6.05. The monoisotopic (exact) mass is 380 g/mol. The molecular weight excluding hydrogens is 360 g/mol. The molecule has 3 aromatic heterocycles. The van der Waals surface area contributed by atoms with E-state index in [0.717, 1.165) is 21.7 Å². The van der Waals surface area contributed by atoms with E-state index in [-0.39, 0.29) is 0 Å². The number of thiophene rings is 1. The van der Waals surface area contributed by atoms with Crippen molar-refractivity contribution in [2.45, 2.75) is 12.6 Å². The summed E-state index contributed by atoms with van der Waals surface area (Å²) in [6, 6.07) is 15.9. The van der Waals surface area contributed by atoms with Crippen LogP contribution in [0, 0.1) is 0 Å². The summed E-state index contributed by atoms with van der Waals surface area (Å²) in [6.07, 6.45) is 1.32. The highest BCUT2D eigenvalue weighted by Crippen LogP contribution is 2.29. The number of nitrogens with zero attached hydrogens (tertiary/aromatic N) is 4. The predicted octanol–water partition coefficient (Wildman–Crippen LogP) is 2.34. The van der Waals surface area contributed by atoms with Crippen molar-refractivity contribution in [1.82, 2.24) is 25.2 Å². The number of aliphatic hydroxyl groups excluding tert-OH is 1. The topological polar surface area (TPSA) is 86.8 Å². The van der Waals surface area contributed by atoms with E-state index in [2.05, 4.69) is 38.0 Å². The Morgan fingerprint density at radius 3 is 2.89 bits per heavy atom. The van der Waals surface area contributed by atoms with E-state index in [1.54, 1.807) is 18.4 Å². The van der Waals surface area contributed by atoms with Gasteiger partial charge in [-0.3, -0.25) is 9.39 Å².